The quantitative estimate of drug-likeness (QED) is 0.103. The summed E-state index contributed by atoms with van der Waals surface area (Å²) in [7, 11) is 4.48. The first-order valence-corrected chi connectivity index (χ1v) is 17.8. The van der Waals surface area contributed by atoms with Crippen LogP contribution in [0.15, 0.2) is 54.6 Å². The third-order valence-electron chi connectivity index (χ3n) is 7.30. The molecule has 0 aliphatic carbocycles. The maximum absolute atomic E-state index is 15.2. The molecule has 0 atom stereocenters. The number of hydrogen-bond acceptors (Lipinski definition) is 10. The lowest BCUT2D eigenvalue weighted by atomic mass is 10.2. The number of anilines is 2. The van der Waals surface area contributed by atoms with Crippen LogP contribution >= 0.6 is 11.8 Å². The monoisotopic (exact) mass is 776 g/mol. The van der Waals surface area contributed by atoms with Crippen LogP contribution in [0.3, 0.4) is 0 Å². The summed E-state index contributed by atoms with van der Waals surface area (Å²) >= 11 is 0.763. The molecule has 0 aliphatic rings. The first-order valence-electron chi connectivity index (χ1n) is 16.8. The lowest BCUT2D eigenvalue weighted by molar-refractivity contribution is -0.116. The molecular formula is C38H47F3N4O8S. The van der Waals surface area contributed by atoms with Crippen molar-refractivity contribution in [2.75, 3.05) is 50.8 Å². The Morgan fingerprint density at radius 3 is 1.83 bits per heavy atom. The molecule has 0 fully saturated rings. The maximum Gasteiger partial charge on any atom is 0.419 e. The number of nitrogens with one attached hydrogen (secondary N) is 1. The number of benzene rings is 3. The van der Waals surface area contributed by atoms with Crippen molar-refractivity contribution in [3.05, 3.63) is 77.6 Å². The van der Waals surface area contributed by atoms with Gasteiger partial charge < -0.3 is 33.5 Å². The average molecular weight is 777 g/mol. The van der Waals surface area contributed by atoms with E-state index in [4.69, 9.17) is 29.1 Å². The van der Waals surface area contributed by atoms with Crippen molar-refractivity contribution in [3.8, 4) is 17.2 Å². The van der Waals surface area contributed by atoms with E-state index in [0.717, 1.165) is 28.8 Å². The average Bonchev–Trinajstić information content (AvgIpc) is 3.08. The van der Waals surface area contributed by atoms with Gasteiger partial charge in [0, 0.05) is 54.5 Å². The highest BCUT2D eigenvalue weighted by atomic mass is 32.2. The van der Waals surface area contributed by atoms with Crippen LogP contribution < -0.4 is 24.0 Å². The summed E-state index contributed by atoms with van der Waals surface area (Å²) in [6, 6.07) is 12.0. The minimum atomic E-state index is -0.938. The summed E-state index contributed by atoms with van der Waals surface area (Å²) in [4.78, 5) is 42.3. The van der Waals surface area contributed by atoms with E-state index in [-0.39, 0.29) is 48.4 Å². The highest BCUT2D eigenvalue weighted by Gasteiger charge is 2.31. The van der Waals surface area contributed by atoms with Crippen molar-refractivity contribution in [1.29, 1.82) is 5.41 Å². The fourth-order valence-corrected chi connectivity index (χ4v) is 5.53. The van der Waals surface area contributed by atoms with E-state index in [0.29, 0.717) is 22.9 Å². The van der Waals surface area contributed by atoms with Crippen LogP contribution in [0.5, 0.6) is 17.2 Å². The Balaban J connectivity index is 1.69. The SMILES string of the molecule is COc1ccc(N(C)C(=O)CN(C(=N)SCc2c(F)cc(OCCCN(C(=O)OC(C)(C)C)C(=O)OC(C)(C)C)cc2F)c2ccc(F)cc2)cc1OC. The van der Waals surface area contributed by atoms with Gasteiger partial charge >= 0.3 is 12.2 Å². The number of hydrogen-bond donors (Lipinski definition) is 1. The normalized spacial score (nSPS) is 11.3. The second kappa shape index (κ2) is 18.8. The van der Waals surface area contributed by atoms with Gasteiger partial charge in [-0.2, -0.15) is 0 Å². The molecule has 0 saturated heterocycles. The van der Waals surface area contributed by atoms with Crippen molar-refractivity contribution < 1.29 is 51.2 Å². The summed E-state index contributed by atoms with van der Waals surface area (Å²) < 4.78 is 71.1. The van der Waals surface area contributed by atoms with E-state index < -0.39 is 46.7 Å². The molecule has 0 saturated carbocycles. The van der Waals surface area contributed by atoms with Crippen molar-refractivity contribution in [2.24, 2.45) is 0 Å². The fraction of sp³-hybridized carbons (Fsp3) is 0.421. The number of imide groups is 1. The molecule has 0 spiro atoms. The number of nitrogens with zero attached hydrogens (tertiary/aromatic N) is 3. The zero-order valence-corrected chi connectivity index (χ0v) is 32.7. The lowest BCUT2D eigenvalue weighted by Gasteiger charge is -2.28. The van der Waals surface area contributed by atoms with Crippen LogP contribution in [-0.4, -0.2) is 80.3 Å². The molecule has 0 aromatic heterocycles. The Labute approximate surface area is 317 Å². The van der Waals surface area contributed by atoms with Gasteiger partial charge in [-0.15, -0.1) is 0 Å². The van der Waals surface area contributed by atoms with Crippen LogP contribution in [-0.2, 0) is 20.0 Å². The lowest BCUT2D eigenvalue weighted by Crippen LogP contribution is -2.44. The standard InChI is InChI=1S/C38H47F3N4O8S/c1-37(2,3)52-35(47)44(36(48)53-38(4,5)6)17-10-18-51-27-20-29(40)28(30(41)21-27)23-54-34(42)45(25-13-11-24(39)12-14-25)22-33(46)43(7)26-15-16-31(49-8)32(19-26)50-9/h11-16,19-21,42H,10,17-18,22-23H2,1-9H3. The van der Waals surface area contributed by atoms with Crippen LogP contribution in [0.1, 0.15) is 53.5 Å². The molecule has 54 heavy (non-hydrogen) atoms. The number of likely N-dealkylation sites (N-methyl/N-ethyl adjacent to an activating group) is 1. The van der Waals surface area contributed by atoms with E-state index in [2.05, 4.69) is 0 Å². The van der Waals surface area contributed by atoms with Gasteiger partial charge in [0.2, 0.25) is 5.91 Å². The molecule has 3 amide bonds. The smallest absolute Gasteiger partial charge is 0.419 e. The highest BCUT2D eigenvalue weighted by molar-refractivity contribution is 8.13. The Hall–Kier alpha value is -5.12. The second-order valence-corrected chi connectivity index (χ2v) is 14.8. The third-order valence-corrected chi connectivity index (χ3v) is 8.22. The van der Waals surface area contributed by atoms with Gasteiger partial charge in [0.1, 0.15) is 40.9 Å². The molecule has 12 nitrogen and oxygen atoms in total. The molecule has 0 bridgehead atoms. The first-order chi connectivity index (χ1) is 25.2. The summed E-state index contributed by atoms with van der Waals surface area (Å²) in [5.74, 6) is -2.44. The van der Waals surface area contributed by atoms with Crippen LogP contribution in [0, 0.1) is 22.9 Å². The van der Waals surface area contributed by atoms with Gasteiger partial charge in [-0.25, -0.2) is 27.7 Å². The Bertz CT molecular complexity index is 1750. The number of thioether (sulfide) groups is 1. The zero-order chi connectivity index (χ0) is 40.4. The number of rotatable bonds is 13. The molecular weight excluding hydrogens is 729 g/mol. The number of halogens is 3. The molecule has 294 valence electrons. The van der Waals surface area contributed by atoms with Crippen molar-refractivity contribution >= 4 is 46.4 Å². The summed E-state index contributed by atoms with van der Waals surface area (Å²) in [5.41, 5.74) is -1.30. The summed E-state index contributed by atoms with van der Waals surface area (Å²) in [6.07, 6.45) is -1.72. The van der Waals surface area contributed by atoms with Crippen LogP contribution in [0.25, 0.3) is 0 Å². The van der Waals surface area contributed by atoms with E-state index in [1.54, 1.807) is 59.7 Å². The summed E-state index contributed by atoms with van der Waals surface area (Å²) in [5, 5.41) is 8.55. The minimum absolute atomic E-state index is 0.0929. The number of ether oxygens (including phenoxy) is 5. The molecule has 3 aromatic rings. The molecule has 16 heteroatoms. The van der Waals surface area contributed by atoms with Crippen molar-refractivity contribution in [1.82, 2.24) is 4.90 Å². The molecule has 0 heterocycles. The summed E-state index contributed by atoms with van der Waals surface area (Å²) in [6.45, 7) is 9.29. The largest absolute Gasteiger partial charge is 0.493 e. The predicted molar refractivity (Wildman–Crippen MR) is 201 cm³/mol. The number of carbonyl (C=O) groups excluding carboxylic acids is 3. The molecule has 0 radical (unpaired) electrons. The topological polar surface area (TPSA) is 131 Å². The Kier molecular flexibility index (Phi) is 15.0. The molecule has 1 N–H and O–H groups in total. The highest BCUT2D eigenvalue weighted by Crippen LogP contribution is 2.32. The number of carbonyl (C=O) groups is 3. The molecule has 3 aromatic carbocycles. The molecule has 0 unspecified atom stereocenters. The Morgan fingerprint density at radius 1 is 0.778 bits per heavy atom. The van der Waals surface area contributed by atoms with Crippen LogP contribution in [0.2, 0.25) is 0 Å². The molecule has 3 rings (SSSR count). The fourth-order valence-electron chi connectivity index (χ4n) is 4.64. The molecule has 0 aliphatic heterocycles. The van der Waals surface area contributed by atoms with Crippen molar-refractivity contribution in [2.45, 2.75) is 64.9 Å². The van der Waals surface area contributed by atoms with Gasteiger partial charge in [-0.1, -0.05) is 11.8 Å². The zero-order valence-electron chi connectivity index (χ0n) is 31.9. The number of amides is 3. The third kappa shape index (κ3) is 12.8. The van der Waals surface area contributed by atoms with Gasteiger partial charge in [-0.05, 0) is 84.4 Å². The predicted octanol–water partition coefficient (Wildman–Crippen LogP) is 8.40. The van der Waals surface area contributed by atoms with Crippen LogP contribution in [0.4, 0.5) is 34.1 Å². The van der Waals surface area contributed by atoms with Gasteiger partial charge in [0.05, 0.1) is 20.8 Å². The van der Waals surface area contributed by atoms with E-state index in [9.17, 15) is 18.8 Å². The maximum atomic E-state index is 15.2. The van der Waals surface area contributed by atoms with Gasteiger partial charge in [0.15, 0.2) is 16.7 Å². The van der Waals surface area contributed by atoms with Gasteiger partial charge in [0.25, 0.3) is 0 Å². The minimum Gasteiger partial charge on any atom is -0.493 e. The van der Waals surface area contributed by atoms with E-state index >= 15 is 8.78 Å². The van der Waals surface area contributed by atoms with E-state index in [1.807, 2.05) is 0 Å². The Morgan fingerprint density at radius 2 is 1.31 bits per heavy atom. The van der Waals surface area contributed by atoms with Crippen molar-refractivity contribution in [3.63, 3.8) is 0 Å². The van der Waals surface area contributed by atoms with E-state index in [1.165, 1.54) is 55.3 Å². The second-order valence-electron chi connectivity index (χ2n) is 13.8. The number of methoxy groups -OCH3 is 2. The van der Waals surface area contributed by atoms with Gasteiger partial charge in [-0.3, -0.25) is 10.2 Å². The number of amidine groups is 1. The first kappa shape index (κ1) is 43.3.